The van der Waals surface area contributed by atoms with Crippen molar-refractivity contribution in [3.8, 4) is 17.1 Å². The molecule has 0 bridgehead atoms. The van der Waals surface area contributed by atoms with Crippen LogP contribution in [0.5, 0.6) is 5.75 Å². The van der Waals surface area contributed by atoms with Crippen molar-refractivity contribution in [2.45, 2.75) is 0 Å². The van der Waals surface area contributed by atoms with Crippen LogP contribution in [0, 0.1) is 0 Å². The summed E-state index contributed by atoms with van der Waals surface area (Å²) in [6, 6.07) is 22.0. The number of hydrogen-bond acceptors (Lipinski definition) is 4. The highest BCUT2D eigenvalue weighted by Gasteiger charge is 2.12. The van der Waals surface area contributed by atoms with E-state index in [4.69, 9.17) is 16.3 Å². The first-order valence-corrected chi connectivity index (χ1v) is 9.70. The van der Waals surface area contributed by atoms with E-state index >= 15 is 0 Å². The van der Waals surface area contributed by atoms with Crippen LogP contribution in [0.2, 0.25) is 5.02 Å². The number of ether oxygens (including phenoxy) is 1. The summed E-state index contributed by atoms with van der Waals surface area (Å²) < 4.78 is 6.80. The molecule has 3 aromatic carbocycles. The molecule has 0 amide bonds. The number of halogens is 1. The molecule has 6 heteroatoms. The predicted octanol–water partition coefficient (Wildman–Crippen LogP) is 5.16. The zero-order valence-corrected chi connectivity index (χ0v) is 16.8. The summed E-state index contributed by atoms with van der Waals surface area (Å²) >= 11 is 6.28. The average Bonchev–Trinajstić information content (AvgIpc) is 2.78. The lowest BCUT2D eigenvalue weighted by atomic mass is 10.2. The summed E-state index contributed by atoms with van der Waals surface area (Å²) in [5.41, 5.74) is 1.90. The summed E-state index contributed by atoms with van der Waals surface area (Å²) in [6.07, 6.45) is 3.23. The number of benzene rings is 3. The van der Waals surface area contributed by atoms with Crippen molar-refractivity contribution >= 4 is 28.7 Å². The first-order valence-electron chi connectivity index (χ1n) is 9.32. The van der Waals surface area contributed by atoms with Gasteiger partial charge in [0.15, 0.2) is 5.82 Å². The Hall–Kier alpha value is -3.70. The van der Waals surface area contributed by atoms with Gasteiger partial charge in [-0.1, -0.05) is 66.7 Å². The summed E-state index contributed by atoms with van der Waals surface area (Å²) in [5, 5.41) is 5.39. The van der Waals surface area contributed by atoms with Crippen LogP contribution in [0.25, 0.3) is 22.3 Å². The lowest BCUT2D eigenvalue weighted by Crippen LogP contribution is -2.20. The molecule has 0 aliphatic rings. The molecule has 0 atom stereocenters. The van der Waals surface area contributed by atoms with Crippen molar-refractivity contribution < 1.29 is 4.74 Å². The van der Waals surface area contributed by atoms with E-state index in [-0.39, 0.29) is 5.56 Å². The third-order valence-electron chi connectivity index (χ3n) is 4.42. The second-order valence-electron chi connectivity index (χ2n) is 6.47. The zero-order valence-electron chi connectivity index (χ0n) is 16.0. The molecular weight excluding hydrogens is 398 g/mol. The smallest absolute Gasteiger partial charge is 0.282 e. The molecule has 0 fully saturated rings. The zero-order chi connectivity index (χ0) is 20.9. The molecule has 1 aromatic heterocycles. The van der Waals surface area contributed by atoms with Crippen molar-refractivity contribution in [1.82, 2.24) is 9.66 Å². The van der Waals surface area contributed by atoms with Crippen LogP contribution in [-0.2, 0) is 0 Å². The summed E-state index contributed by atoms with van der Waals surface area (Å²) in [6.45, 7) is 3.99. The Kier molecular flexibility index (Phi) is 5.72. The van der Waals surface area contributed by atoms with Gasteiger partial charge in [0.05, 0.1) is 22.1 Å². The van der Waals surface area contributed by atoms with Crippen LogP contribution in [0.3, 0.4) is 0 Å². The number of hydrogen-bond donors (Lipinski definition) is 0. The Morgan fingerprint density at radius 1 is 1.07 bits per heavy atom. The van der Waals surface area contributed by atoms with Crippen LogP contribution in [0.4, 0.5) is 0 Å². The Morgan fingerprint density at radius 2 is 1.83 bits per heavy atom. The molecular formula is C24H18ClN3O2. The monoisotopic (exact) mass is 415 g/mol. The molecule has 30 heavy (non-hydrogen) atoms. The van der Waals surface area contributed by atoms with Crippen LogP contribution in [-0.4, -0.2) is 22.5 Å². The molecule has 0 spiro atoms. The molecule has 0 radical (unpaired) electrons. The maximum absolute atomic E-state index is 13.1. The first-order chi connectivity index (χ1) is 14.7. The lowest BCUT2D eigenvalue weighted by molar-refractivity contribution is 0.363. The number of rotatable bonds is 6. The quantitative estimate of drug-likeness (QED) is 0.322. The number of nitrogens with zero attached hydrogens (tertiary/aromatic N) is 3. The van der Waals surface area contributed by atoms with Crippen molar-refractivity contribution in [1.29, 1.82) is 0 Å². The minimum atomic E-state index is -0.243. The van der Waals surface area contributed by atoms with Gasteiger partial charge in [0.1, 0.15) is 12.4 Å². The van der Waals surface area contributed by atoms with Gasteiger partial charge >= 0.3 is 0 Å². The maximum atomic E-state index is 13.1. The number of para-hydroxylation sites is 1. The van der Waals surface area contributed by atoms with Crippen LogP contribution in [0.1, 0.15) is 5.56 Å². The first kappa shape index (κ1) is 19.6. The maximum Gasteiger partial charge on any atom is 0.282 e. The standard InChI is InChI=1S/C24H18ClN3O2/c1-2-14-30-22-13-12-17(15-20(22)25)16-26-28-23(18-8-4-3-5-9-18)27-21-11-7-6-10-19(21)24(28)29/h2-13,15-16H,1,14H2. The number of fused-ring (bicyclic) bond motifs is 1. The summed E-state index contributed by atoms with van der Waals surface area (Å²) in [4.78, 5) is 17.8. The Labute approximate surface area is 178 Å². The van der Waals surface area contributed by atoms with E-state index in [1.165, 1.54) is 4.68 Å². The fourth-order valence-electron chi connectivity index (χ4n) is 2.99. The second-order valence-corrected chi connectivity index (χ2v) is 6.88. The van der Waals surface area contributed by atoms with Crippen molar-refractivity contribution in [3.63, 3.8) is 0 Å². The van der Waals surface area contributed by atoms with E-state index < -0.39 is 0 Å². The minimum absolute atomic E-state index is 0.243. The Balaban J connectivity index is 1.80. The van der Waals surface area contributed by atoms with Gasteiger partial charge in [-0.2, -0.15) is 9.78 Å². The van der Waals surface area contributed by atoms with Gasteiger partial charge in [0.2, 0.25) is 0 Å². The van der Waals surface area contributed by atoms with Crippen molar-refractivity contribution in [3.05, 3.63) is 106 Å². The summed E-state index contributed by atoms with van der Waals surface area (Å²) in [7, 11) is 0. The fourth-order valence-corrected chi connectivity index (χ4v) is 3.24. The largest absolute Gasteiger partial charge is 0.488 e. The molecule has 1 heterocycles. The van der Waals surface area contributed by atoms with Gasteiger partial charge in [0, 0.05) is 5.56 Å². The van der Waals surface area contributed by atoms with E-state index in [2.05, 4.69) is 16.7 Å². The minimum Gasteiger partial charge on any atom is -0.488 e. The highest BCUT2D eigenvalue weighted by Crippen LogP contribution is 2.25. The third-order valence-corrected chi connectivity index (χ3v) is 4.72. The average molecular weight is 416 g/mol. The van der Waals surface area contributed by atoms with E-state index in [9.17, 15) is 4.79 Å². The van der Waals surface area contributed by atoms with Crippen molar-refractivity contribution in [2.75, 3.05) is 6.61 Å². The van der Waals surface area contributed by atoms with E-state index in [1.807, 2.05) is 54.6 Å². The molecule has 5 nitrogen and oxygen atoms in total. The predicted molar refractivity (Wildman–Crippen MR) is 122 cm³/mol. The second kappa shape index (κ2) is 8.76. The van der Waals surface area contributed by atoms with Gasteiger partial charge in [-0.05, 0) is 35.9 Å². The van der Waals surface area contributed by atoms with Crippen LogP contribution in [0.15, 0.2) is 95.3 Å². The van der Waals surface area contributed by atoms with E-state index in [0.717, 1.165) is 11.1 Å². The topological polar surface area (TPSA) is 56.5 Å². The van der Waals surface area contributed by atoms with Gasteiger partial charge < -0.3 is 4.74 Å². The molecule has 4 rings (SSSR count). The van der Waals surface area contributed by atoms with Gasteiger partial charge in [0.25, 0.3) is 5.56 Å². The molecule has 0 aliphatic heterocycles. The van der Waals surface area contributed by atoms with E-state index in [0.29, 0.717) is 34.1 Å². The van der Waals surface area contributed by atoms with Crippen molar-refractivity contribution in [2.24, 2.45) is 5.10 Å². The SMILES string of the molecule is C=CCOc1ccc(C=Nn2c(-c3ccccc3)nc3ccccc3c2=O)cc1Cl. The fraction of sp³-hybridized carbons (Fsp3) is 0.0417. The van der Waals surface area contributed by atoms with Gasteiger partial charge in [-0.15, -0.1) is 0 Å². The molecule has 0 N–H and O–H groups in total. The molecule has 148 valence electrons. The van der Waals surface area contributed by atoms with E-state index in [1.54, 1.807) is 30.5 Å². The highest BCUT2D eigenvalue weighted by molar-refractivity contribution is 6.32. The molecule has 0 saturated heterocycles. The number of aromatic nitrogens is 2. The molecule has 0 aliphatic carbocycles. The van der Waals surface area contributed by atoms with Gasteiger partial charge in [-0.25, -0.2) is 4.98 Å². The Morgan fingerprint density at radius 3 is 2.60 bits per heavy atom. The van der Waals surface area contributed by atoms with Gasteiger partial charge in [-0.3, -0.25) is 4.79 Å². The van der Waals surface area contributed by atoms with Crippen LogP contribution >= 0.6 is 11.6 Å². The molecule has 4 aromatic rings. The van der Waals surface area contributed by atoms with Crippen LogP contribution < -0.4 is 10.3 Å². The Bertz CT molecular complexity index is 1300. The highest BCUT2D eigenvalue weighted by atomic mass is 35.5. The third kappa shape index (κ3) is 4.02. The normalized spacial score (nSPS) is 11.1. The molecule has 0 unspecified atom stereocenters. The summed E-state index contributed by atoms with van der Waals surface area (Å²) in [5.74, 6) is 1.02. The lowest BCUT2D eigenvalue weighted by Gasteiger charge is -2.09. The molecule has 0 saturated carbocycles.